The van der Waals surface area contributed by atoms with E-state index in [-0.39, 0.29) is 0 Å². The van der Waals surface area contributed by atoms with E-state index >= 15 is 0 Å². The summed E-state index contributed by atoms with van der Waals surface area (Å²) in [5, 5.41) is 11.4. The average Bonchev–Trinajstić information content (AvgIpc) is 3.25. The number of rotatable bonds is 5. The monoisotopic (exact) mass is 338 g/mol. The third-order valence-electron chi connectivity index (χ3n) is 4.63. The number of aromatic nitrogens is 5. The fraction of sp³-hybridized carbons (Fsp3) is 0.389. The number of fused-ring (bicyclic) bond motifs is 1. The second-order valence-corrected chi connectivity index (χ2v) is 6.45. The van der Waals surface area contributed by atoms with Crippen molar-refractivity contribution >= 4 is 0 Å². The fourth-order valence-electron chi connectivity index (χ4n) is 3.19. The third kappa shape index (κ3) is 3.71. The smallest absolute Gasteiger partial charge is 0.137 e. The molecule has 25 heavy (non-hydrogen) atoms. The minimum absolute atomic E-state index is 0.304. The van der Waals surface area contributed by atoms with Gasteiger partial charge in [0.2, 0.25) is 0 Å². The van der Waals surface area contributed by atoms with Crippen molar-refractivity contribution < 1.29 is 4.74 Å². The van der Waals surface area contributed by atoms with Crippen molar-refractivity contribution in [3.05, 3.63) is 59.9 Å². The quantitative estimate of drug-likeness (QED) is 0.772. The van der Waals surface area contributed by atoms with Crippen LogP contribution in [-0.4, -0.2) is 42.5 Å². The molecule has 7 heteroatoms. The number of pyridine rings is 1. The second-order valence-electron chi connectivity index (χ2n) is 6.45. The van der Waals surface area contributed by atoms with Gasteiger partial charge >= 0.3 is 0 Å². The Labute approximate surface area is 146 Å². The first-order valence-electron chi connectivity index (χ1n) is 8.56. The zero-order valence-electron chi connectivity index (χ0n) is 14.3. The molecule has 0 amide bonds. The molecule has 0 radical (unpaired) electrons. The predicted octanol–water partition coefficient (Wildman–Crippen LogP) is 2.16. The van der Waals surface area contributed by atoms with Crippen LogP contribution in [0, 0.1) is 6.92 Å². The largest absolute Gasteiger partial charge is 0.490 e. The Balaban J connectivity index is 1.48. The molecule has 0 unspecified atom stereocenters. The van der Waals surface area contributed by atoms with Crippen LogP contribution in [0.2, 0.25) is 0 Å². The van der Waals surface area contributed by atoms with E-state index in [9.17, 15) is 0 Å². The van der Waals surface area contributed by atoms with Crippen LogP contribution in [0.15, 0.2) is 43.0 Å². The first kappa shape index (κ1) is 15.8. The van der Waals surface area contributed by atoms with Crippen LogP contribution in [-0.2, 0) is 19.6 Å². The van der Waals surface area contributed by atoms with E-state index in [1.54, 1.807) is 6.20 Å². The van der Waals surface area contributed by atoms with Crippen LogP contribution in [0.5, 0.6) is 5.75 Å². The minimum atomic E-state index is 0.304. The maximum atomic E-state index is 6.02. The molecule has 0 bridgehead atoms. The summed E-state index contributed by atoms with van der Waals surface area (Å²) < 4.78 is 8.12. The Kier molecular flexibility index (Phi) is 4.47. The average molecular weight is 338 g/mol. The summed E-state index contributed by atoms with van der Waals surface area (Å²) in [4.78, 5) is 6.74. The van der Waals surface area contributed by atoms with E-state index in [1.165, 1.54) is 11.3 Å². The first-order valence-corrected chi connectivity index (χ1v) is 8.56. The van der Waals surface area contributed by atoms with Gasteiger partial charge in [-0.3, -0.25) is 19.7 Å². The highest BCUT2D eigenvalue weighted by atomic mass is 16.5. The molecule has 3 aromatic heterocycles. The van der Waals surface area contributed by atoms with Crippen LogP contribution < -0.4 is 4.74 Å². The molecule has 7 nitrogen and oxygen atoms in total. The Hall–Kier alpha value is -2.67. The number of nitrogens with one attached hydrogen (secondary N) is 1. The third-order valence-corrected chi connectivity index (χ3v) is 4.63. The highest BCUT2D eigenvalue weighted by molar-refractivity contribution is 5.19. The van der Waals surface area contributed by atoms with Crippen molar-refractivity contribution in [3.8, 4) is 5.75 Å². The van der Waals surface area contributed by atoms with Crippen LogP contribution >= 0.6 is 0 Å². The van der Waals surface area contributed by atoms with Gasteiger partial charge < -0.3 is 4.74 Å². The Morgan fingerprint density at radius 1 is 1.28 bits per heavy atom. The summed E-state index contributed by atoms with van der Waals surface area (Å²) in [5.41, 5.74) is 3.41. The SMILES string of the molecule is Cc1ccc(OC[C@H]2CCn3nccc3CN2Cc2cn[nH]c2)cn1. The standard InChI is InChI=1S/C18H22N6O/c1-14-2-3-18(10-19-14)25-13-17-5-7-24-16(4-6-22-24)12-23(17)11-15-8-20-21-9-15/h2-4,6,8-10,17H,5,7,11-13H2,1H3,(H,20,21)/t17-/m1/s1. The molecule has 0 aliphatic carbocycles. The molecule has 130 valence electrons. The molecule has 0 aromatic carbocycles. The molecule has 0 spiro atoms. The number of ether oxygens (including phenoxy) is 1. The van der Waals surface area contributed by atoms with Gasteiger partial charge in [0.15, 0.2) is 0 Å². The van der Waals surface area contributed by atoms with Gasteiger partial charge in [0.1, 0.15) is 12.4 Å². The molecule has 1 atom stereocenters. The van der Waals surface area contributed by atoms with Crippen LogP contribution in [0.4, 0.5) is 0 Å². The summed E-state index contributed by atoms with van der Waals surface area (Å²) in [6.45, 7) is 5.20. The van der Waals surface area contributed by atoms with Crippen LogP contribution in [0.3, 0.4) is 0 Å². The maximum Gasteiger partial charge on any atom is 0.137 e. The highest BCUT2D eigenvalue weighted by Gasteiger charge is 2.25. The van der Waals surface area contributed by atoms with Gasteiger partial charge in [-0.25, -0.2) is 0 Å². The van der Waals surface area contributed by atoms with E-state index < -0.39 is 0 Å². The van der Waals surface area contributed by atoms with Crippen LogP contribution in [0.1, 0.15) is 23.4 Å². The molecule has 0 fully saturated rings. The van der Waals surface area contributed by atoms with Gasteiger partial charge in [0.25, 0.3) is 0 Å². The van der Waals surface area contributed by atoms with Gasteiger partial charge in [-0.1, -0.05) is 0 Å². The highest BCUT2D eigenvalue weighted by Crippen LogP contribution is 2.21. The molecular formula is C18H22N6O. The minimum Gasteiger partial charge on any atom is -0.490 e. The Bertz CT molecular complexity index is 795. The lowest BCUT2D eigenvalue weighted by Crippen LogP contribution is -2.37. The van der Waals surface area contributed by atoms with Crippen LogP contribution in [0.25, 0.3) is 0 Å². The molecule has 1 N–H and O–H groups in total. The molecule has 4 heterocycles. The topological polar surface area (TPSA) is 71.9 Å². The Morgan fingerprint density at radius 3 is 3.04 bits per heavy atom. The predicted molar refractivity (Wildman–Crippen MR) is 92.9 cm³/mol. The van der Waals surface area contributed by atoms with Crippen molar-refractivity contribution in [2.75, 3.05) is 6.61 Å². The fourth-order valence-corrected chi connectivity index (χ4v) is 3.19. The number of H-pyrrole nitrogens is 1. The lowest BCUT2D eigenvalue weighted by Gasteiger charge is -2.29. The zero-order chi connectivity index (χ0) is 17.1. The second kappa shape index (κ2) is 7.06. The summed E-state index contributed by atoms with van der Waals surface area (Å²) >= 11 is 0. The van der Waals surface area contributed by atoms with Gasteiger partial charge in [-0.15, -0.1) is 0 Å². The lowest BCUT2D eigenvalue weighted by molar-refractivity contribution is 0.118. The number of nitrogens with zero attached hydrogens (tertiary/aromatic N) is 5. The normalized spacial score (nSPS) is 17.9. The summed E-state index contributed by atoms with van der Waals surface area (Å²) in [7, 11) is 0. The van der Waals surface area contributed by atoms with E-state index in [2.05, 4.69) is 35.9 Å². The van der Waals surface area contributed by atoms with Gasteiger partial charge in [0, 0.05) is 49.3 Å². The summed E-state index contributed by atoms with van der Waals surface area (Å²) in [6.07, 6.45) is 8.48. The first-order chi connectivity index (χ1) is 12.3. The zero-order valence-corrected chi connectivity index (χ0v) is 14.3. The van der Waals surface area contributed by atoms with Gasteiger partial charge in [0.05, 0.1) is 18.1 Å². The molecule has 0 saturated carbocycles. The number of aromatic amines is 1. The molecule has 0 saturated heterocycles. The molecule has 1 aliphatic rings. The number of hydrogen-bond donors (Lipinski definition) is 1. The van der Waals surface area contributed by atoms with Crippen molar-refractivity contribution in [3.63, 3.8) is 0 Å². The summed E-state index contributed by atoms with van der Waals surface area (Å²) in [5.74, 6) is 0.816. The molecule has 4 rings (SSSR count). The molecule has 3 aromatic rings. The van der Waals surface area contributed by atoms with Crippen molar-refractivity contribution in [1.82, 2.24) is 29.9 Å². The molecule has 1 aliphatic heterocycles. The van der Waals surface area contributed by atoms with E-state index in [1.807, 2.05) is 37.6 Å². The van der Waals surface area contributed by atoms with Gasteiger partial charge in [-0.2, -0.15) is 10.2 Å². The van der Waals surface area contributed by atoms with Crippen molar-refractivity contribution in [2.45, 2.75) is 39.0 Å². The lowest BCUT2D eigenvalue weighted by atomic mass is 10.1. The van der Waals surface area contributed by atoms with Gasteiger partial charge in [-0.05, 0) is 31.5 Å². The molecular weight excluding hydrogens is 316 g/mol. The number of hydrogen-bond acceptors (Lipinski definition) is 5. The van der Waals surface area contributed by atoms with Crippen molar-refractivity contribution in [2.24, 2.45) is 0 Å². The van der Waals surface area contributed by atoms with E-state index in [0.717, 1.165) is 37.5 Å². The number of aryl methyl sites for hydroxylation is 2. The Morgan fingerprint density at radius 2 is 2.24 bits per heavy atom. The van der Waals surface area contributed by atoms with E-state index in [0.29, 0.717) is 12.6 Å². The van der Waals surface area contributed by atoms with E-state index in [4.69, 9.17) is 4.74 Å². The summed E-state index contributed by atoms with van der Waals surface area (Å²) in [6, 6.07) is 6.35. The van der Waals surface area contributed by atoms with Crippen molar-refractivity contribution in [1.29, 1.82) is 0 Å². The maximum absolute atomic E-state index is 6.02.